The zero-order valence-corrected chi connectivity index (χ0v) is 22.0. The predicted molar refractivity (Wildman–Crippen MR) is 138 cm³/mol. The fourth-order valence-electron chi connectivity index (χ4n) is 6.12. The Bertz CT molecular complexity index is 1380. The van der Waals surface area contributed by atoms with Crippen molar-refractivity contribution in [2.75, 3.05) is 0 Å². The van der Waals surface area contributed by atoms with Gasteiger partial charge in [-0.15, -0.1) is 0 Å². The first-order valence-corrected chi connectivity index (χ1v) is 12.6. The van der Waals surface area contributed by atoms with Gasteiger partial charge in [0.15, 0.2) is 11.6 Å². The smallest absolute Gasteiger partial charge is 0.205 e. The quantitative estimate of drug-likeness (QED) is 0.586. The van der Waals surface area contributed by atoms with Gasteiger partial charge in [-0.25, -0.2) is 0 Å². The molecule has 0 bridgehead atoms. The number of nitrogens with zero attached hydrogens (tertiary/aromatic N) is 2. The van der Waals surface area contributed by atoms with Gasteiger partial charge in [-0.05, 0) is 22.0 Å². The molecule has 0 fully saturated rings. The standard InChI is InChI=1S/C30H30N4O4/c1-29(2)9-19(35)25-21(11-29)37-27(33)17(13-31)23(25)15-5-7-16(8-6-15)24-18(14-32)28(34)38-22-12-30(3,4)10-20(36)26(22)24/h5-8,23-24H,9-12,33-34H2,1-4H3. The van der Waals surface area contributed by atoms with Gasteiger partial charge in [0.2, 0.25) is 11.8 Å². The summed E-state index contributed by atoms with van der Waals surface area (Å²) in [6.07, 6.45) is 1.76. The highest BCUT2D eigenvalue weighted by atomic mass is 16.5. The van der Waals surface area contributed by atoms with Crippen molar-refractivity contribution in [1.29, 1.82) is 10.5 Å². The lowest BCUT2D eigenvalue weighted by Gasteiger charge is -2.38. The second kappa shape index (κ2) is 8.63. The minimum absolute atomic E-state index is 0.00273. The molecule has 0 amide bonds. The Balaban J connectivity index is 1.59. The number of ketones is 2. The van der Waals surface area contributed by atoms with E-state index in [0.717, 1.165) is 0 Å². The number of carbonyl (C=O) groups excluding carboxylic acids is 2. The summed E-state index contributed by atoms with van der Waals surface area (Å²) in [5.74, 6) is -0.419. The molecule has 1 aromatic rings. The SMILES string of the molecule is CC1(C)CC(=O)C2=C(C1)OC(N)=C(C#N)C2c1ccc(C2C(C#N)=C(N)OC3=C2C(=O)CC(C)(C)C3)cc1. The number of hydrogen-bond acceptors (Lipinski definition) is 8. The van der Waals surface area contributed by atoms with Crippen LogP contribution in [-0.2, 0) is 19.1 Å². The van der Waals surface area contributed by atoms with Crippen LogP contribution in [0, 0.1) is 33.5 Å². The molecule has 0 radical (unpaired) electrons. The molecule has 8 heteroatoms. The Kier molecular flexibility index (Phi) is 5.76. The van der Waals surface area contributed by atoms with Crippen LogP contribution in [0.4, 0.5) is 0 Å². The summed E-state index contributed by atoms with van der Waals surface area (Å²) in [7, 11) is 0. The number of nitriles is 2. The second-order valence-electron chi connectivity index (χ2n) is 12.1. The first-order valence-electron chi connectivity index (χ1n) is 12.6. The van der Waals surface area contributed by atoms with Crippen molar-refractivity contribution in [3.8, 4) is 12.1 Å². The van der Waals surface area contributed by atoms with Crippen LogP contribution in [0.3, 0.4) is 0 Å². The number of ether oxygens (including phenoxy) is 2. The fraction of sp³-hybridized carbons (Fsp3) is 0.400. The molecule has 5 rings (SSSR count). The van der Waals surface area contributed by atoms with Crippen LogP contribution in [0.2, 0.25) is 0 Å². The van der Waals surface area contributed by atoms with Crippen LogP contribution in [0.5, 0.6) is 0 Å². The zero-order valence-electron chi connectivity index (χ0n) is 22.0. The highest BCUT2D eigenvalue weighted by molar-refractivity contribution is 6.00. The lowest BCUT2D eigenvalue weighted by molar-refractivity contribution is -0.119. The molecule has 2 atom stereocenters. The van der Waals surface area contributed by atoms with E-state index in [-0.39, 0.29) is 45.3 Å². The van der Waals surface area contributed by atoms with E-state index in [1.807, 2.05) is 52.0 Å². The number of nitrogens with two attached hydrogens (primary N) is 2. The van der Waals surface area contributed by atoms with Crippen LogP contribution in [0.25, 0.3) is 0 Å². The second-order valence-corrected chi connectivity index (χ2v) is 12.1. The van der Waals surface area contributed by atoms with Gasteiger partial charge in [0.25, 0.3) is 0 Å². The minimum atomic E-state index is -0.654. The molecule has 4 N–H and O–H groups in total. The highest BCUT2D eigenvalue weighted by Crippen LogP contribution is 2.50. The molecule has 2 heterocycles. The van der Waals surface area contributed by atoms with Crippen LogP contribution >= 0.6 is 0 Å². The number of allylic oxidation sites excluding steroid dienone is 6. The average molecular weight is 511 g/mol. The molecule has 1 aromatic carbocycles. The van der Waals surface area contributed by atoms with Gasteiger partial charge in [0, 0.05) is 36.8 Å². The third kappa shape index (κ3) is 4.07. The van der Waals surface area contributed by atoms with Gasteiger partial charge in [0.05, 0.1) is 11.8 Å². The average Bonchev–Trinajstić information content (AvgIpc) is 2.81. The van der Waals surface area contributed by atoms with E-state index in [0.29, 0.717) is 59.5 Å². The number of benzene rings is 1. The molecule has 0 aromatic heterocycles. The first-order chi connectivity index (χ1) is 17.9. The molecular weight excluding hydrogens is 480 g/mol. The zero-order chi connectivity index (χ0) is 27.6. The predicted octanol–water partition coefficient (Wildman–Crippen LogP) is 4.59. The van der Waals surface area contributed by atoms with Crippen molar-refractivity contribution in [2.45, 2.75) is 65.2 Å². The fourth-order valence-corrected chi connectivity index (χ4v) is 6.12. The van der Waals surface area contributed by atoms with Crippen LogP contribution < -0.4 is 11.5 Å². The van der Waals surface area contributed by atoms with Gasteiger partial charge in [-0.1, -0.05) is 52.0 Å². The van der Waals surface area contributed by atoms with Crippen LogP contribution in [0.15, 0.2) is 69.8 Å². The van der Waals surface area contributed by atoms with Crippen molar-refractivity contribution >= 4 is 11.6 Å². The van der Waals surface area contributed by atoms with Crippen molar-refractivity contribution < 1.29 is 19.1 Å². The lowest BCUT2D eigenvalue weighted by atomic mass is 9.69. The largest absolute Gasteiger partial charge is 0.444 e. The Morgan fingerprint density at radius 3 is 1.37 bits per heavy atom. The van der Waals surface area contributed by atoms with Gasteiger partial charge in [0.1, 0.15) is 34.8 Å². The molecule has 0 saturated heterocycles. The van der Waals surface area contributed by atoms with Gasteiger partial charge < -0.3 is 20.9 Å². The van der Waals surface area contributed by atoms with E-state index in [1.54, 1.807) is 0 Å². The lowest BCUT2D eigenvalue weighted by Crippen LogP contribution is -2.34. The van der Waals surface area contributed by atoms with Crippen molar-refractivity contribution in [3.63, 3.8) is 0 Å². The Labute approximate surface area is 221 Å². The van der Waals surface area contributed by atoms with E-state index in [1.165, 1.54) is 0 Å². The Morgan fingerprint density at radius 1 is 0.711 bits per heavy atom. The molecule has 8 nitrogen and oxygen atoms in total. The molecule has 194 valence electrons. The van der Waals surface area contributed by atoms with Crippen molar-refractivity contribution in [2.24, 2.45) is 22.3 Å². The maximum absolute atomic E-state index is 13.3. The summed E-state index contributed by atoms with van der Waals surface area (Å²) in [4.78, 5) is 26.5. The third-order valence-corrected chi connectivity index (χ3v) is 7.75. The van der Waals surface area contributed by atoms with E-state index in [9.17, 15) is 20.1 Å². The molecule has 38 heavy (non-hydrogen) atoms. The summed E-state index contributed by atoms with van der Waals surface area (Å²) in [5.41, 5.74) is 14.4. The first kappa shape index (κ1) is 25.4. The third-order valence-electron chi connectivity index (χ3n) is 7.75. The monoisotopic (exact) mass is 510 g/mol. The van der Waals surface area contributed by atoms with Gasteiger partial charge in [-0.2, -0.15) is 10.5 Å². The summed E-state index contributed by atoms with van der Waals surface area (Å²) in [6, 6.07) is 11.5. The number of Topliss-reactive ketones (excluding diaryl/α,β-unsaturated/α-hetero) is 2. The summed E-state index contributed by atoms with van der Waals surface area (Å²) >= 11 is 0. The van der Waals surface area contributed by atoms with E-state index < -0.39 is 11.8 Å². The molecule has 4 aliphatic rings. The van der Waals surface area contributed by atoms with E-state index in [4.69, 9.17) is 20.9 Å². The molecule has 0 saturated carbocycles. The number of rotatable bonds is 2. The molecule has 0 spiro atoms. The minimum Gasteiger partial charge on any atom is -0.444 e. The Hall–Kier alpha value is -4.30. The Morgan fingerprint density at radius 2 is 1.05 bits per heavy atom. The van der Waals surface area contributed by atoms with E-state index in [2.05, 4.69) is 12.1 Å². The number of carbonyl (C=O) groups is 2. The van der Waals surface area contributed by atoms with Crippen LogP contribution in [0.1, 0.15) is 76.3 Å². The van der Waals surface area contributed by atoms with Gasteiger partial charge >= 0.3 is 0 Å². The maximum Gasteiger partial charge on any atom is 0.205 e. The molecule has 2 aliphatic carbocycles. The summed E-state index contributed by atoms with van der Waals surface area (Å²) in [5, 5.41) is 19.8. The van der Waals surface area contributed by atoms with Crippen molar-refractivity contribution in [1.82, 2.24) is 0 Å². The van der Waals surface area contributed by atoms with Crippen molar-refractivity contribution in [3.05, 3.63) is 81.0 Å². The van der Waals surface area contributed by atoms with Crippen LogP contribution in [-0.4, -0.2) is 11.6 Å². The highest BCUT2D eigenvalue weighted by Gasteiger charge is 2.45. The topological polar surface area (TPSA) is 152 Å². The van der Waals surface area contributed by atoms with E-state index >= 15 is 0 Å². The molecule has 2 aliphatic heterocycles. The summed E-state index contributed by atoms with van der Waals surface area (Å²) in [6.45, 7) is 7.99. The maximum atomic E-state index is 13.3. The molecular formula is C30H30N4O4. The molecule has 2 unspecified atom stereocenters. The normalized spacial score (nSPS) is 26.2. The number of hydrogen-bond donors (Lipinski definition) is 2. The summed E-state index contributed by atoms with van der Waals surface area (Å²) < 4.78 is 11.6. The van der Waals surface area contributed by atoms with Gasteiger partial charge in [-0.3, -0.25) is 9.59 Å².